The van der Waals surface area contributed by atoms with Gasteiger partial charge in [0.15, 0.2) is 17.1 Å². The summed E-state index contributed by atoms with van der Waals surface area (Å²) in [5, 5.41) is 12.0. The molecule has 0 saturated carbocycles. The molecule has 2 amide bonds. The Bertz CT molecular complexity index is 1420. The van der Waals surface area contributed by atoms with Crippen molar-refractivity contribution in [1.82, 2.24) is 14.8 Å². The second-order valence-electron chi connectivity index (χ2n) is 10.7. The van der Waals surface area contributed by atoms with E-state index in [0.29, 0.717) is 28.8 Å². The average Bonchev–Trinajstić information content (AvgIpc) is 3.42. The lowest BCUT2D eigenvalue weighted by molar-refractivity contribution is -0.113. The van der Waals surface area contributed by atoms with Gasteiger partial charge in [-0.1, -0.05) is 50.7 Å². The number of ether oxygens (including phenoxy) is 2. The van der Waals surface area contributed by atoms with Crippen LogP contribution in [0.25, 0.3) is 0 Å². The number of amides is 2. The molecule has 220 valence electrons. The van der Waals surface area contributed by atoms with Crippen molar-refractivity contribution < 1.29 is 23.9 Å². The molecular weight excluding hydrogens is 562 g/mol. The fourth-order valence-corrected chi connectivity index (χ4v) is 5.76. The van der Waals surface area contributed by atoms with Gasteiger partial charge >= 0.3 is 5.97 Å². The molecule has 0 aliphatic rings. The Balaban J connectivity index is 1.74. The largest absolute Gasteiger partial charge is 0.483 e. The summed E-state index contributed by atoms with van der Waals surface area (Å²) < 4.78 is 13.3. The third kappa shape index (κ3) is 7.98. The number of hydrogen-bond donors (Lipinski definition) is 2. The molecule has 0 aliphatic carbocycles. The minimum Gasteiger partial charge on any atom is -0.483 e. The number of nitrogens with two attached hydrogens (primary N) is 1. The van der Waals surface area contributed by atoms with Crippen molar-refractivity contribution in [3.63, 3.8) is 0 Å². The summed E-state index contributed by atoms with van der Waals surface area (Å²) in [6.07, 6.45) is 0.924. The molecule has 0 saturated heterocycles. The van der Waals surface area contributed by atoms with Gasteiger partial charge in [0, 0.05) is 6.54 Å². The van der Waals surface area contributed by atoms with Crippen LogP contribution in [0.2, 0.25) is 0 Å². The molecule has 1 atom stereocenters. The SMILES string of the molecule is C=CCn1c(SCC(=O)Nc2sc(C(N)=O)c(C)c2C(=O)OC(C)C)nnc1C(C)Oc1ccc(C(C)(C)C)cc1. The van der Waals surface area contributed by atoms with Crippen molar-refractivity contribution in [2.24, 2.45) is 5.73 Å². The van der Waals surface area contributed by atoms with Gasteiger partial charge in [-0.15, -0.1) is 28.1 Å². The number of carbonyl (C=O) groups is 3. The van der Waals surface area contributed by atoms with Gasteiger partial charge in [0.1, 0.15) is 10.8 Å². The molecule has 0 bridgehead atoms. The lowest BCUT2D eigenvalue weighted by Crippen LogP contribution is -2.18. The Labute approximate surface area is 248 Å². The summed E-state index contributed by atoms with van der Waals surface area (Å²) in [4.78, 5) is 37.7. The van der Waals surface area contributed by atoms with E-state index in [4.69, 9.17) is 15.2 Å². The van der Waals surface area contributed by atoms with Crippen molar-refractivity contribution >= 4 is 45.9 Å². The van der Waals surface area contributed by atoms with Gasteiger partial charge in [0.2, 0.25) is 5.91 Å². The van der Waals surface area contributed by atoms with Crippen LogP contribution in [-0.2, 0) is 21.5 Å². The molecule has 0 aliphatic heterocycles. The summed E-state index contributed by atoms with van der Waals surface area (Å²) in [5.41, 5.74) is 7.21. The Morgan fingerprint density at radius 1 is 1.17 bits per heavy atom. The molecule has 1 unspecified atom stereocenters. The minimum absolute atomic E-state index is 0.0275. The maximum absolute atomic E-state index is 12.9. The molecular formula is C29H37N5O5S2. The first-order chi connectivity index (χ1) is 19.2. The molecule has 0 spiro atoms. The molecule has 0 fully saturated rings. The summed E-state index contributed by atoms with van der Waals surface area (Å²) in [6.45, 7) is 17.6. The molecule has 3 aromatic rings. The summed E-state index contributed by atoms with van der Waals surface area (Å²) in [6, 6.07) is 7.97. The van der Waals surface area contributed by atoms with Crippen molar-refractivity contribution in [1.29, 1.82) is 0 Å². The first-order valence-electron chi connectivity index (χ1n) is 13.1. The van der Waals surface area contributed by atoms with Crippen LogP contribution in [0.15, 0.2) is 42.1 Å². The minimum atomic E-state index is -0.687. The fraction of sp³-hybridized carbons (Fsp3) is 0.414. The highest BCUT2D eigenvalue weighted by Gasteiger charge is 2.27. The van der Waals surface area contributed by atoms with E-state index in [9.17, 15) is 14.4 Å². The first-order valence-corrected chi connectivity index (χ1v) is 14.9. The molecule has 41 heavy (non-hydrogen) atoms. The predicted octanol–water partition coefficient (Wildman–Crippen LogP) is 5.67. The quantitative estimate of drug-likeness (QED) is 0.154. The van der Waals surface area contributed by atoms with Crippen LogP contribution in [0.4, 0.5) is 5.00 Å². The van der Waals surface area contributed by atoms with E-state index in [1.807, 2.05) is 35.8 Å². The topological polar surface area (TPSA) is 138 Å². The van der Waals surface area contributed by atoms with Crippen molar-refractivity contribution in [2.75, 3.05) is 11.1 Å². The van der Waals surface area contributed by atoms with E-state index < -0.39 is 23.9 Å². The van der Waals surface area contributed by atoms with Gasteiger partial charge in [0.25, 0.3) is 5.91 Å². The molecule has 2 heterocycles. The molecule has 1 aromatic carbocycles. The second kappa shape index (κ2) is 13.3. The van der Waals surface area contributed by atoms with Crippen molar-refractivity contribution in [3.05, 3.63) is 64.3 Å². The zero-order valence-electron chi connectivity index (χ0n) is 24.4. The number of esters is 1. The Hall–Kier alpha value is -3.64. The van der Waals surface area contributed by atoms with Gasteiger partial charge in [-0.05, 0) is 56.4 Å². The Kier molecular flexibility index (Phi) is 10.4. The number of primary amides is 1. The number of hydrogen-bond acceptors (Lipinski definition) is 9. The lowest BCUT2D eigenvalue weighted by Gasteiger charge is -2.20. The number of benzene rings is 1. The highest BCUT2D eigenvalue weighted by Crippen LogP contribution is 2.34. The standard InChI is InChI=1S/C29H37N5O5S2/c1-9-14-34-25(18(5)39-20-12-10-19(11-13-20)29(6,7)8)32-33-28(34)40-15-21(35)31-26-22(27(37)38-16(2)3)17(4)23(41-26)24(30)36/h9-13,16,18H,1,14-15H2,2-8H3,(H2,30,36)(H,31,35). The van der Waals surface area contributed by atoms with Crippen LogP contribution < -0.4 is 15.8 Å². The van der Waals surface area contributed by atoms with Crippen LogP contribution in [0.5, 0.6) is 5.75 Å². The number of nitrogens with one attached hydrogen (secondary N) is 1. The number of nitrogens with zero attached hydrogens (tertiary/aromatic N) is 3. The molecule has 12 heteroatoms. The fourth-order valence-electron chi connectivity index (χ4n) is 3.95. The van der Waals surface area contributed by atoms with E-state index in [1.165, 1.54) is 17.3 Å². The highest BCUT2D eigenvalue weighted by atomic mass is 32.2. The third-order valence-corrected chi connectivity index (χ3v) is 8.15. The Morgan fingerprint density at radius 3 is 2.39 bits per heavy atom. The zero-order valence-corrected chi connectivity index (χ0v) is 26.1. The number of thiophene rings is 1. The van der Waals surface area contributed by atoms with Crippen molar-refractivity contribution in [3.8, 4) is 5.75 Å². The third-order valence-electron chi connectivity index (χ3n) is 5.96. The summed E-state index contributed by atoms with van der Waals surface area (Å²) in [7, 11) is 0. The lowest BCUT2D eigenvalue weighted by atomic mass is 9.87. The monoisotopic (exact) mass is 599 g/mol. The van der Waals surface area contributed by atoms with Crippen LogP contribution in [0.1, 0.15) is 84.6 Å². The summed E-state index contributed by atoms with van der Waals surface area (Å²) >= 11 is 2.12. The van der Waals surface area contributed by atoms with E-state index >= 15 is 0 Å². The molecule has 10 nitrogen and oxygen atoms in total. The number of anilines is 1. The zero-order chi connectivity index (χ0) is 30.5. The second-order valence-corrected chi connectivity index (χ2v) is 12.7. The Morgan fingerprint density at radius 2 is 1.83 bits per heavy atom. The van der Waals surface area contributed by atoms with E-state index in [1.54, 1.807) is 26.8 Å². The number of allylic oxidation sites excluding steroid dienone is 1. The smallest absolute Gasteiger partial charge is 0.341 e. The van der Waals surface area contributed by atoms with Gasteiger partial charge in [0.05, 0.1) is 22.3 Å². The predicted molar refractivity (Wildman–Crippen MR) is 162 cm³/mol. The summed E-state index contributed by atoms with van der Waals surface area (Å²) in [5.74, 6) is -0.453. The van der Waals surface area contributed by atoms with Crippen LogP contribution in [0.3, 0.4) is 0 Å². The van der Waals surface area contributed by atoms with Gasteiger partial charge in [-0.2, -0.15) is 0 Å². The average molecular weight is 600 g/mol. The maximum atomic E-state index is 12.9. The molecule has 3 N–H and O–H groups in total. The van der Waals surface area contributed by atoms with Crippen LogP contribution >= 0.6 is 23.1 Å². The van der Waals surface area contributed by atoms with Gasteiger partial charge in [-0.25, -0.2) is 4.79 Å². The number of carbonyl (C=O) groups excluding carboxylic acids is 3. The molecule has 0 radical (unpaired) electrons. The van der Waals surface area contributed by atoms with Crippen LogP contribution in [0, 0.1) is 6.92 Å². The molecule has 3 rings (SSSR count). The first kappa shape index (κ1) is 31.9. The maximum Gasteiger partial charge on any atom is 0.341 e. The normalized spacial score (nSPS) is 12.2. The number of rotatable bonds is 12. The highest BCUT2D eigenvalue weighted by molar-refractivity contribution is 7.99. The number of aromatic nitrogens is 3. The van der Waals surface area contributed by atoms with E-state index in [0.717, 1.165) is 11.3 Å². The van der Waals surface area contributed by atoms with E-state index in [-0.39, 0.29) is 32.7 Å². The van der Waals surface area contributed by atoms with Crippen LogP contribution in [-0.4, -0.2) is 44.4 Å². The van der Waals surface area contributed by atoms with E-state index in [2.05, 4.69) is 42.9 Å². The van der Waals surface area contributed by atoms with Crippen molar-refractivity contribution in [2.45, 2.75) is 77.8 Å². The molecule has 2 aromatic heterocycles. The number of thioether (sulfide) groups is 1. The van der Waals surface area contributed by atoms with Gasteiger partial charge in [-0.3, -0.25) is 14.2 Å². The van der Waals surface area contributed by atoms with Gasteiger partial charge < -0.3 is 20.5 Å².